The molecule has 0 N–H and O–H groups in total. The van der Waals surface area contributed by atoms with E-state index in [1.807, 2.05) is 24.5 Å². The van der Waals surface area contributed by atoms with E-state index in [2.05, 4.69) is 33.4 Å². The zero-order valence-electron chi connectivity index (χ0n) is 15.0. The molecule has 0 unspecified atom stereocenters. The number of rotatable bonds is 6. The van der Waals surface area contributed by atoms with Crippen LogP contribution in [-0.4, -0.2) is 49.7 Å². The van der Waals surface area contributed by atoms with Gasteiger partial charge in [-0.15, -0.1) is 11.3 Å². The second-order valence-corrected chi connectivity index (χ2v) is 8.65. The van der Waals surface area contributed by atoms with Crippen LogP contribution in [0.3, 0.4) is 0 Å². The van der Waals surface area contributed by atoms with Crippen LogP contribution in [0.1, 0.15) is 23.5 Å². The maximum Gasteiger partial charge on any atom is 0.117 e. The van der Waals surface area contributed by atoms with Crippen molar-refractivity contribution in [2.45, 2.75) is 25.9 Å². The van der Waals surface area contributed by atoms with Crippen molar-refractivity contribution in [2.75, 3.05) is 39.9 Å². The minimum Gasteiger partial charge on any atom is -0.468 e. The van der Waals surface area contributed by atoms with Crippen molar-refractivity contribution < 1.29 is 9.15 Å². The van der Waals surface area contributed by atoms with E-state index in [0.717, 1.165) is 38.5 Å². The summed E-state index contributed by atoms with van der Waals surface area (Å²) < 4.78 is 11.1. The van der Waals surface area contributed by atoms with Crippen LogP contribution in [0, 0.1) is 11.3 Å². The molecule has 0 radical (unpaired) electrons. The average Bonchev–Trinajstić information content (AvgIpc) is 3.34. The maximum absolute atomic E-state index is 5.60. The maximum atomic E-state index is 5.60. The normalized spacial score (nSPS) is 24.3. The molecule has 0 bridgehead atoms. The van der Waals surface area contributed by atoms with Gasteiger partial charge in [0.1, 0.15) is 5.76 Å². The molecular formula is C20H28N2O2S. The third-order valence-electron chi connectivity index (χ3n) is 6.02. The Hall–Kier alpha value is -1.14. The molecule has 2 aromatic heterocycles. The summed E-state index contributed by atoms with van der Waals surface area (Å²) in [5.74, 6) is 1.73. The molecule has 0 aromatic carbocycles. The summed E-state index contributed by atoms with van der Waals surface area (Å²) in [6, 6.07) is 8.48. The summed E-state index contributed by atoms with van der Waals surface area (Å²) >= 11 is 1.87. The Morgan fingerprint density at radius 1 is 1.20 bits per heavy atom. The molecule has 2 aliphatic heterocycles. The van der Waals surface area contributed by atoms with Gasteiger partial charge in [0, 0.05) is 37.5 Å². The highest BCUT2D eigenvalue weighted by Gasteiger charge is 2.47. The predicted molar refractivity (Wildman–Crippen MR) is 101 cm³/mol. The van der Waals surface area contributed by atoms with Crippen molar-refractivity contribution in [3.63, 3.8) is 0 Å². The molecule has 136 valence electrons. The van der Waals surface area contributed by atoms with E-state index in [4.69, 9.17) is 9.15 Å². The third-order valence-corrected chi connectivity index (χ3v) is 6.88. The van der Waals surface area contributed by atoms with Gasteiger partial charge in [0.15, 0.2) is 0 Å². The smallest absolute Gasteiger partial charge is 0.117 e. The van der Waals surface area contributed by atoms with E-state index >= 15 is 0 Å². The van der Waals surface area contributed by atoms with Crippen molar-refractivity contribution in [3.05, 3.63) is 46.5 Å². The Bertz CT molecular complexity index is 633. The quantitative estimate of drug-likeness (QED) is 0.785. The lowest BCUT2D eigenvalue weighted by molar-refractivity contribution is 0.0331. The Labute approximate surface area is 154 Å². The van der Waals surface area contributed by atoms with E-state index < -0.39 is 0 Å². The Kier molecular flexibility index (Phi) is 5.27. The van der Waals surface area contributed by atoms with Gasteiger partial charge in [-0.1, -0.05) is 6.07 Å². The third kappa shape index (κ3) is 3.85. The van der Waals surface area contributed by atoms with E-state index in [-0.39, 0.29) is 0 Å². The van der Waals surface area contributed by atoms with Crippen LogP contribution in [-0.2, 0) is 17.8 Å². The molecule has 1 atom stereocenters. The lowest BCUT2D eigenvalue weighted by Crippen LogP contribution is -2.44. The molecule has 4 heterocycles. The number of thiophene rings is 1. The molecule has 0 amide bonds. The van der Waals surface area contributed by atoms with Gasteiger partial charge in [0.05, 0.1) is 19.4 Å². The monoisotopic (exact) mass is 360 g/mol. The Morgan fingerprint density at radius 3 is 2.76 bits per heavy atom. The summed E-state index contributed by atoms with van der Waals surface area (Å²) in [7, 11) is 1.85. The average molecular weight is 361 g/mol. The van der Waals surface area contributed by atoms with Gasteiger partial charge in [-0.3, -0.25) is 9.80 Å². The number of methoxy groups -OCH3 is 1. The topological polar surface area (TPSA) is 28.9 Å². The number of ether oxygens (including phenoxy) is 1. The van der Waals surface area contributed by atoms with E-state index in [1.165, 1.54) is 30.8 Å². The first kappa shape index (κ1) is 17.3. The van der Waals surface area contributed by atoms with Crippen molar-refractivity contribution >= 4 is 11.3 Å². The summed E-state index contributed by atoms with van der Waals surface area (Å²) in [4.78, 5) is 6.66. The van der Waals surface area contributed by atoms with Crippen LogP contribution < -0.4 is 0 Å². The number of hydrogen-bond donors (Lipinski definition) is 0. The summed E-state index contributed by atoms with van der Waals surface area (Å²) in [6.45, 7) is 7.63. The first-order valence-electron chi connectivity index (χ1n) is 9.26. The van der Waals surface area contributed by atoms with Gasteiger partial charge < -0.3 is 9.15 Å². The number of hydrogen-bond acceptors (Lipinski definition) is 5. The molecule has 2 aliphatic rings. The molecule has 0 aliphatic carbocycles. The fourth-order valence-corrected chi connectivity index (χ4v) is 5.41. The van der Waals surface area contributed by atoms with Crippen LogP contribution in [0.5, 0.6) is 0 Å². The molecule has 2 fully saturated rings. The Morgan fingerprint density at radius 2 is 2.08 bits per heavy atom. The van der Waals surface area contributed by atoms with Gasteiger partial charge in [0.2, 0.25) is 0 Å². The summed E-state index contributed by atoms with van der Waals surface area (Å²) in [6.07, 6.45) is 4.31. The largest absolute Gasteiger partial charge is 0.468 e. The molecule has 25 heavy (non-hydrogen) atoms. The highest BCUT2D eigenvalue weighted by Crippen LogP contribution is 2.45. The highest BCUT2D eigenvalue weighted by atomic mass is 32.1. The predicted octanol–water partition coefficient (Wildman–Crippen LogP) is 3.70. The van der Waals surface area contributed by atoms with Gasteiger partial charge in [0.25, 0.3) is 0 Å². The second-order valence-electron chi connectivity index (χ2n) is 7.62. The number of likely N-dealkylation sites (tertiary alicyclic amines) is 2. The highest BCUT2D eigenvalue weighted by molar-refractivity contribution is 7.09. The van der Waals surface area contributed by atoms with Crippen molar-refractivity contribution in [3.8, 4) is 0 Å². The minimum atomic E-state index is 0.424. The lowest BCUT2D eigenvalue weighted by Gasteiger charge is -2.42. The summed E-state index contributed by atoms with van der Waals surface area (Å²) in [5.41, 5.74) is 0.424. The first-order valence-corrected chi connectivity index (χ1v) is 10.1. The number of piperidine rings is 1. The van der Waals surface area contributed by atoms with Crippen LogP contribution in [0.4, 0.5) is 0 Å². The van der Waals surface area contributed by atoms with E-state index in [9.17, 15) is 0 Å². The lowest BCUT2D eigenvalue weighted by atomic mass is 9.71. The minimum absolute atomic E-state index is 0.424. The van der Waals surface area contributed by atoms with Gasteiger partial charge in [-0.25, -0.2) is 0 Å². The number of furan rings is 1. The standard InChI is InChI=1S/C20H28N2O2S/c1-23-15-17-12-22(14-19-5-3-11-25-19)16-20(17)6-8-21(9-7-20)13-18-4-2-10-24-18/h2-5,10-11,17H,6-9,12-16H2,1H3/t17-/m0/s1. The first-order chi connectivity index (χ1) is 12.3. The molecule has 5 heteroatoms. The molecule has 0 saturated carbocycles. The molecule has 1 spiro atoms. The Balaban J connectivity index is 1.38. The van der Waals surface area contributed by atoms with E-state index in [0.29, 0.717) is 11.3 Å². The van der Waals surface area contributed by atoms with Crippen molar-refractivity contribution in [2.24, 2.45) is 11.3 Å². The summed E-state index contributed by atoms with van der Waals surface area (Å²) in [5, 5.41) is 2.18. The van der Waals surface area contributed by atoms with Crippen LogP contribution in [0.2, 0.25) is 0 Å². The van der Waals surface area contributed by atoms with Gasteiger partial charge in [-0.2, -0.15) is 0 Å². The molecule has 4 rings (SSSR count). The van der Waals surface area contributed by atoms with Crippen molar-refractivity contribution in [1.82, 2.24) is 9.80 Å². The molecular weight excluding hydrogens is 332 g/mol. The van der Waals surface area contributed by atoms with Crippen LogP contribution in [0.25, 0.3) is 0 Å². The van der Waals surface area contributed by atoms with Gasteiger partial charge >= 0.3 is 0 Å². The van der Waals surface area contributed by atoms with Crippen molar-refractivity contribution in [1.29, 1.82) is 0 Å². The fraction of sp³-hybridized carbons (Fsp3) is 0.600. The zero-order valence-corrected chi connectivity index (χ0v) is 15.8. The fourth-order valence-electron chi connectivity index (χ4n) is 4.66. The zero-order chi connectivity index (χ0) is 17.1. The second kappa shape index (κ2) is 7.62. The molecule has 2 aromatic rings. The van der Waals surface area contributed by atoms with E-state index in [1.54, 1.807) is 6.26 Å². The molecule has 4 nitrogen and oxygen atoms in total. The molecule has 2 saturated heterocycles. The van der Waals surface area contributed by atoms with Crippen LogP contribution in [0.15, 0.2) is 40.3 Å². The van der Waals surface area contributed by atoms with Crippen LogP contribution >= 0.6 is 11.3 Å². The number of nitrogens with zero attached hydrogens (tertiary/aromatic N) is 2. The SMILES string of the molecule is COC[C@@H]1CN(Cc2cccs2)CC12CCN(Cc1ccco1)CC2. The van der Waals surface area contributed by atoms with Gasteiger partial charge in [-0.05, 0) is 54.9 Å².